The molecule has 0 atom stereocenters. The van der Waals surface area contributed by atoms with Crippen molar-refractivity contribution < 1.29 is 19.3 Å². The summed E-state index contributed by atoms with van der Waals surface area (Å²) in [5.74, 6) is 1.19. The highest BCUT2D eigenvalue weighted by molar-refractivity contribution is 5.76. The van der Waals surface area contributed by atoms with Crippen LogP contribution < -0.4 is 19.9 Å². The van der Waals surface area contributed by atoms with Gasteiger partial charge in [0.25, 0.3) is 5.91 Å². The Morgan fingerprint density at radius 3 is 2.64 bits per heavy atom. The smallest absolute Gasteiger partial charge is 0.275 e. The summed E-state index contributed by atoms with van der Waals surface area (Å²) in [7, 11) is 1.75. The van der Waals surface area contributed by atoms with Crippen LogP contribution in [-0.4, -0.2) is 52.3 Å². The highest BCUT2D eigenvalue weighted by Gasteiger charge is 2.25. The maximum atomic E-state index is 12.3. The zero-order valence-corrected chi connectivity index (χ0v) is 17.6. The average Bonchev–Trinajstić information content (AvgIpc) is 2.70. The number of carbonyl (C=O) groups is 1. The summed E-state index contributed by atoms with van der Waals surface area (Å²) in [4.78, 5) is 15.3. The summed E-state index contributed by atoms with van der Waals surface area (Å²) >= 11 is 0. The monoisotopic (exact) mass is 387 g/mol. The number of piperazine rings is 1. The van der Waals surface area contributed by atoms with Gasteiger partial charge in [-0.3, -0.25) is 4.79 Å². The van der Waals surface area contributed by atoms with E-state index in [-0.39, 0.29) is 5.91 Å². The van der Waals surface area contributed by atoms with E-state index in [1.807, 2.05) is 0 Å². The third-order valence-electron chi connectivity index (χ3n) is 6.10. The summed E-state index contributed by atoms with van der Waals surface area (Å²) in [5.41, 5.74) is 4.10. The predicted octanol–water partition coefficient (Wildman–Crippen LogP) is 0.294. The Balaban J connectivity index is 1.36. The van der Waals surface area contributed by atoms with Crippen molar-refractivity contribution in [2.24, 2.45) is 0 Å². The van der Waals surface area contributed by atoms with Crippen LogP contribution in [0, 0.1) is 6.92 Å². The van der Waals surface area contributed by atoms with Crippen molar-refractivity contribution in [1.29, 1.82) is 0 Å². The fourth-order valence-corrected chi connectivity index (χ4v) is 4.41. The molecule has 1 amide bonds. The number of amides is 1. The highest BCUT2D eigenvalue weighted by Crippen LogP contribution is 2.19. The van der Waals surface area contributed by atoms with E-state index in [1.165, 1.54) is 47.3 Å². The lowest BCUT2D eigenvalue weighted by Gasteiger charge is -2.29. The van der Waals surface area contributed by atoms with Gasteiger partial charge in [0.1, 0.15) is 38.5 Å². The largest absolute Gasteiger partial charge is 0.496 e. The van der Waals surface area contributed by atoms with Crippen molar-refractivity contribution in [3.63, 3.8) is 0 Å². The second kappa shape index (κ2) is 10.6. The molecule has 3 rings (SSSR count). The molecular formula is C23H37N3O2+2. The standard InChI is InChI=1S/C23H35N3O2/c1-19-8-9-22(28-2)21(16-19)17-25-12-14-26(15-13-25)18-23(27)24-11-10-20-6-4-3-5-7-20/h6,8-9,16H,3-5,7,10-15,17-18H2,1-2H3,(H,24,27)/p+2. The molecule has 1 saturated heterocycles. The lowest BCUT2D eigenvalue weighted by Crippen LogP contribution is -3.28. The molecule has 28 heavy (non-hydrogen) atoms. The first-order valence-electron chi connectivity index (χ1n) is 10.9. The number of benzene rings is 1. The minimum Gasteiger partial charge on any atom is -0.496 e. The third kappa shape index (κ3) is 6.35. The van der Waals surface area contributed by atoms with Crippen LogP contribution in [0.3, 0.4) is 0 Å². The number of rotatable bonds is 8. The predicted molar refractivity (Wildman–Crippen MR) is 112 cm³/mol. The first-order chi connectivity index (χ1) is 13.6. The van der Waals surface area contributed by atoms with Gasteiger partial charge in [-0.1, -0.05) is 23.3 Å². The zero-order valence-electron chi connectivity index (χ0n) is 17.6. The zero-order chi connectivity index (χ0) is 19.8. The molecule has 0 aromatic heterocycles. The van der Waals surface area contributed by atoms with Crippen molar-refractivity contribution >= 4 is 5.91 Å². The van der Waals surface area contributed by atoms with Gasteiger partial charge in [0.15, 0.2) is 6.54 Å². The summed E-state index contributed by atoms with van der Waals surface area (Å²) in [6.07, 6.45) is 8.46. The van der Waals surface area contributed by atoms with E-state index in [0.29, 0.717) is 6.54 Å². The maximum Gasteiger partial charge on any atom is 0.275 e. The number of hydrogen-bond donors (Lipinski definition) is 3. The molecule has 5 nitrogen and oxygen atoms in total. The number of hydrogen-bond acceptors (Lipinski definition) is 2. The number of ether oxygens (including phenoxy) is 1. The molecule has 1 aromatic rings. The Morgan fingerprint density at radius 1 is 1.14 bits per heavy atom. The number of aryl methyl sites for hydroxylation is 1. The Labute approximate surface area is 169 Å². The molecule has 1 aromatic carbocycles. The van der Waals surface area contributed by atoms with Crippen LogP contribution in [0.15, 0.2) is 29.8 Å². The van der Waals surface area contributed by atoms with Crippen LogP contribution in [0.5, 0.6) is 5.75 Å². The SMILES string of the molecule is COc1ccc(C)cc1C[NH+]1CC[NH+](CC(=O)NCCC2=CCCCC2)CC1. The third-order valence-corrected chi connectivity index (χ3v) is 6.10. The van der Waals surface area contributed by atoms with Crippen molar-refractivity contribution in [2.45, 2.75) is 45.6 Å². The Hall–Kier alpha value is -1.85. The second-order valence-corrected chi connectivity index (χ2v) is 8.38. The normalized spacial score (nSPS) is 22.4. The number of quaternary nitrogens is 2. The van der Waals surface area contributed by atoms with Crippen LogP contribution >= 0.6 is 0 Å². The number of carbonyl (C=O) groups excluding carboxylic acids is 1. The van der Waals surface area contributed by atoms with Crippen LogP contribution in [-0.2, 0) is 11.3 Å². The minimum atomic E-state index is 0.204. The fourth-order valence-electron chi connectivity index (χ4n) is 4.41. The molecule has 0 spiro atoms. The van der Waals surface area contributed by atoms with E-state index >= 15 is 0 Å². The molecule has 0 unspecified atom stereocenters. The summed E-state index contributed by atoms with van der Waals surface area (Å²) < 4.78 is 5.52. The van der Waals surface area contributed by atoms with Gasteiger partial charge in [0.05, 0.1) is 7.11 Å². The van der Waals surface area contributed by atoms with E-state index in [0.717, 1.165) is 51.4 Å². The van der Waals surface area contributed by atoms with E-state index in [1.54, 1.807) is 12.0 Å². The molecule has 1 aliphatic carbocycles. The Morgan fingerprint density at radius 2 is 1.93 bits per heavy atom. The molecule has 5 heteroatoms. The van der Waals surface area contributed by atoms with Crippen LogP contribution in [0.1, 0.15) is 43.2 Å². The minimum absolute atomic E-state index is 0.204. The topological polar surface area (TPSA) is 47.2 Å². The van der Waals surface area contributed by atoms with Crippen molar-refractivity contribution in [3.8, 4) is 5.75 Å². The fraction of sp³-hybridized carbons (Fsp3) is 0.609. The molecular weight excluding hydrogens is 350 g/mol. The van der Waals surface area contributed by atoms with Crippen molar-refractivity contribution in [1.82, 2.24) is 5.32 Å². The van der Waals surface area contributed by atoms with Crippen molar-refractivity contribution in [3.05, 3.63) is 41.0 Å². The summed E-state index contributed by atoms with van der Waals surface area (Å²) in [5, 5.41) is 3.13. The second-order valence-electron chi connectivity index (χ2n) is 8.38. The first kappa shape index (κ1) is 20.9. The maximum absolute atomic E-state index is 12.3. The van der Waals surface area contributed by atoms with Crippen molar-refractivity contribution in [2.75, 3.05) is 46.4 Å². The number of methoxy groups -OCH3 is 1. The lowest BCUT2D eigenvalue weighted by molar-refractivity contribution is -1.02. The van der Waals surface area contributed by atoms with Gasteiger partial charge in [-0.25, -0.2) is 0 Å². The Kier molecular flexibility index (Phi) is 7.92. The molecule has 154 valence electrons. The Bertz CT molecular complexity index is 678. The van der Waals surface area contributed by atoms with Gasteiger partial charge >= 0.3 is 0 Å². The summed E-state index contributed by atoms with van der Waals surface area (Å²) in [6, 6.07) is 6.41. The summed E-state index contributed by atoms with van der Waals surface area (Å²) in [6.45, 7) is 8.86. The number of nitrogens with one attached hydrogen (secondary N) is 3. The molecule has 2 aliphatic rings. The highest BCUT2D eigenvalue weighted by atomic mass is 16.5. The van der Waals surface area contributed by atoms with E-state index in [9.17, 15) is 4.79 Å². The molecule has 0 radical (unpaired) electrons. The number of allylic oxidation sites excluding steroid dienone is 1. The molecule has 1 fully saturated rings. The van der Waals surface area contributed by atoms with E-state index in [2.05, 4.69) is 36.5 Å². The average molecular weight is 388 g/mol. The molecule has 3 N–H and O–H groups in total. The first-order valence-corrected chi connectivity index (χ1v) is 10.9. The quantitative estimate of drug-likeness (QED) is 0.562. The van der Waals surface area contributed by atoms with E-state index < -0.39 is 0 Å². The van der Waals surface area contributed by atoms with Gasteiger partial charge < -0.3 is 19.9 Å². The van der Waals surface area contributed by atoms with Crippen LogP contribution in [0.25, 0.3) is 0 Å². The molecule has 0 bridgehead atoms. The van der Waals surface area contributed by atoms with Crippen LogP contribution in [0.2, 0.25) is 0 Å². The van der Waals surface area contributed by atoms with Gasteiger partial charge in [0, 0.05) is 12.1 Å². The molecule has 0 saturated carbocycles. The van der Waals surface area contributed by atoms with Gasteiger partial charge in [0.2, 0.25) is 0 Å². The lowest BCUT2D eigenvalue weighted by atomic mass is 9.97. The van der Waals surface area contributed by atoms with Gasteiger partial charge in [-0.15, -0.1) is 0 Å². The van der Waals surface area contributed by atoms with Gasteiger partial charge in [-0.2, -0.15) is 0 Å². The molecule has 1 heterocycles. The van der Waals surface area contributed by atoms with Crippen LogP contribution in [0.4, 0.5) is 0 Å². The molecule has 1 aliphatic heterocycles. The van der Waals surface area contributed by atoms with Gasteiger partial charge in [-0.05, 0) is 51.2 Å². The van der Waals surface area contributed by atoms with E-state index in [4.69, 9.17) is 4.74 Å².